The molecule has 0 fully saturated rings. The Morgan fingerprint density at radius 1 is 1.47 bits per heavy atom. The molecule has 0 amide bonds. The number of rotatable bonds is 4. The van der Waals surface area contributed by atoms with E-state index in [0.29, 0.717) is 12.4 Å². The van der Waals surface area contributed by atoms with Crippen LogP contribution in [0.15, 0.2) is 29.7 Å². The molecular weight excluding hydrogens is 222 g/mol. The maximum absolute atomic E-state index is 11.4. The third-order valence-corrected chi connectivity index (χ3v) is 2.09. The highest BCUT2D eigenvalue weighted by Crippen LogP contribution is 2.14. The number of hydrogen-bond donors (Lipinski definition) is 2. The van der Waals surface area contributed by atoms with Crippen molar-refractivity contribution >= 4 is 5.82 Å². The van der Waals surface area contributed by atoms with Crippen molar-refractivity contribution in [3.8, 4) is 5.75 Å². The number of hydrogen-bond acceptors (Lipinski definition) is 6. The van der Waals surface area contributed by atoms with E-state index in [1.165, 1.54) is 19.8 Å². The molecular formula is C10H11N5O2. The lowest BCUT2D eigenvalue weighted by Gasteiger charge is -2.07. The van der Waals surface area contributed by atoms with Gasteiger partial charge >= 0.3 is 0 Å². The predicted molar refractivity (Wildman–Crippen MR) is 60.8 cm³/mol. The molecule has 0 aliphatic carbocycles. The zero-order valence-electron chi connectivity index (χ0n) is 9.17. The van der Waals surface area contributed by atoms with E-state index in [2.05, 4.69) is 25.3 Å². The van der Waals surface area contributed by atoms with Gasteiger partial charge in [0.25, 0.3) is 5.56 Å². The van der Waals surface area contributed by atoms with Crippen LogP contribution in [0.5, 0.6) is 5.75 Å². The van der Waals surface area contributed by atoms with Crippen LogP contribution in [0, 0.1) is 0 Å². The molecule has 2 aromatic rings. The number of anilines is 1. The predicted octanol–water partition coefficient (Wildman–Crippen LogP) is 0.181. The fourth-order valence-corrected chi connectivity index (χ4v) is 1.30. The summed E-state index contributed by atoms with van der Waals surface area (Å²) in [5.74, 6) is 0.538. The Hall–Kier alpha value is -2.44. The Morgan fingerprint density at radius 2 is 2.35 bits per heavy atom. The fourth-order valence-electron chi connectivity index (χ4n) is 1.30. The largest absolute Gasteiger partial charge is 0.489 e. The molecule has 0 atom stereocenters. The quantitative estimate of drug-likeness (QED) is 0.782. The Bertz CT molecular complexity index is 540. The average Bonchev–Trinajstić information content (AvgIpc) is 2.37. The van der Waals surface area contributed by atoms with Crippen molar-refractivity contribution in [3.05, 3.63) is 41.0 Å². The summed E-state index contributed by atoms with van der Waals surface area (Å²) in [4.78, 5) is 25.7. The number of nitrogens with zero attached hydrogens (tertiary/aromatic N) is 3. The van der Waals surface area contributed by atoms with E-state index < -0.39 is 0 Å². The summed E-state index contributed by atoms with van der Waals surface area (Å²) in [6.45, 7) is 0.440. The number of methoxy groups -OCH3 is 1. The SMILES string of the molecule is COc1c(NCc2ccncn2)nc[nH]c1=O. The van der Waals surface area contributed by atoms with Gasteiger partial charge in [0, 0.05) is 6.20 Å². The number of ether oxygens (including phenoxy) is 1. The molecule has 0 spiro atoms. The first-order valence-corrected chi connectivity index (χ1v) is 4.91. The third kappa shape index (κ3) is 2.57. The molecule has 7 nitrogen and oxygen atoms in total. The molecule has 0 unspecified atom stereocenters. The lowest BCUT2D eigenvalue weighted by atomic mass is 10.4. The average molecular weight is 233 g/mol. The molecule has 2 N–H and O–H groups in total. The van der Waals surface area contributed by atoms with Gasteiger partial charge in [-0.2, -0.15) is 0 Å². The van der Waals surface area contributed by atoms with Crippen molar-refractivity contribution in [1.29, 1.82) is 0 Å². The summed E-state index contributed by atoms with van der Waals surface area (Å²) in [6.07, 6.45) is 4.42. The molecule has 0 bridgehead atoms. The molecule has 0 saturated carbocycles. The second-order valence-corrected chi connectivity index (χ2v) is 3.17. The smallest absolute Gasteiger partial charge is 0.295 e. The highest BCUT2D eigenvalue weighted by molar-refractivity contribution is 5.47. The van der Waals surface area contributed by atoms with Gasteiger partial charge in [0.15, 0.2) is 5.82 Å². The summed E-state index contributed by atoms with van der Waals surface area (Å²) < 4.78 is 4.96. The number of H-pyrrole nitrogens is 1. The number of nitrogens with one attached hydrogen (secondary N) is 2. The van der Waals surface area contributed by atoms with E-state index in [1.54, 1.807) is 12.3 Å². The van der Waals surface area contributed by atoms with Crippen LogP contribution in [0.3, 0.4) is 0 Å². The second-order valence-electron chi connectivity index (χ2n) is 3.17. The molecule has 7 heteroatoms. The van der Waals surface area contributed by atoms with Gasteiger partial charge in [0.1, 0.15) is 6.33 Å². The van der Waals surface area contributed by atoms with E-state index in [9.17, 15) is 4.79 Å². The molecule has 0 saturated heterocycles. The van der Waals surface area contributed by atoms with Gasteiger partial charge in [-0.05, 0) is 6.07 Å². The lowest BCUT2D eigenvalue weighted by Crippen LogP contribution is -2.14. The van der Waals surface area contributed by atoms with Gasteiger partial charge < -0.3 is 15.0 Å². The van der Waals surface area contributed by atoms with Crippen LogP contribution in [0.1, 0.15) is 5.69 Å². The van der Waals surface area contributed by atoms with E-state index >= 15 is 0 Å². The maximum Gasteiger partial charge on any atom is 0.295 e. The summed E-state index contributed by atoms with van der Waals surface area (Å²) in [5, 5.41) is 2.97. The first kappa shape index (κ1) is 11.1. The lowest BCUT2D eigenvalue weighted by molar-refractivity contribution is 0.408. The van der Waals surface area contributed by atoms with Crippen LogP contribution in [0.2, 0.25) is 0 Å². The van der Waals surface area contributed by atoms with Crippen LogP contribution in [-0.4, -0.2) is 27.0 Å². The molecule has 0 radical (unpaired) electrons. The van der Waals surface area contributed by atoms with Crippen molar-refractivity contribution in [2.45, 2.75) is 6.54 Å². The van der Waals surface area contributed by atoms with Crippen molar-refractivity contribution in [2.75, 3.05) is 12.4 Å². The maximum atomic E-state index is 11.4. The zero-order valence-corrected chi connectivity index (χ0v) is 9.17. The second kappa shape index (κ2) is 5.06. The van der Waals surface area contributed by atoms with Crippen molar-refractivity contribution in [3.63, 3.8) is 0 Å². The van der Waals surface area contributed by atoms with Crippen LogP contribution in [0.4, 0.5) is 5.82 Å². The normalized spacial score (nSPS) is 9.94. The summed E-state index contributed by atoms with van der Waals surface area (Å²) in [5.41, 5.74) is 0.469. The van der Waals surface area contributed by atoms with E-state index in [1.807, 2.05) is 0 Å². The molecule has 2 aromatic heterocycles. The Balaban J connectivity index is 2.14. The molecule has 0 aromatic carbocycles. The zero-order chi connectivity index (χ0) is 12.1. The minimum absolute atomic E-state index is 0.154. The monoisotopic (exact) mass is 233 g/mol. The minimum atomic E-state index is -0.326. The Kier molecular flexibility index (Phi) is 3.29. The van der Waals surface area contributed by atoms with E-state index in [0.717, 1.165) is 5.69 Å². The van der Waals surface area contributed by atoms with Crippen LogP contribution >= 0.6 is 0 Å². The highest BCUT2D eigenvalue weighted by atomic mass is 16.5. The van der Waals surface area contributed by atoms with Gasteiger partial charge in [0.2, 0.25) is 5.75 Å². The van der Waals surface area contributed by atoms with Crippen LogP contribution in [-0.2, 0) is 6.54 Å². The topological polar surface area (TPSA) is 92.8 Å². The van der Waals surface area contributed by atoms with Gasteiger partial charge in [-0.25, -0.2) is 15.0 Å². The molecule has 0 aliphatic rings. The highest BCUT2D eigenvalue weighted by Gasteiger charge is 2.08. The fraction of sp³-hybridized carbons (Fsp3) is 0.200. The van der Waals surface area contributed by atoms with Crippen molar-refractivity contribution < 1.29 is 4.74 Å². The van der Waals surface area contributed by atoms with Crippen molar-refractivity contribution in [1.82, 2.24) is 19.9 Å². The Labute approximate surface area is 96.9 Å². The standard InChI is InChI=1S/C10H11N5O2/c1-17-8-9(14-6-15-10(8)16)12-4-7-2-3-11-5-13-7/h2-3,5-6H,4H2,1H3,(H2,12,14,15,16). The Morgan fingerprint density at radius 3 is 3.06 bits per heavy atom. The van der Waals surface area contributed by atoms with Crippen molar-refractivity contribution in [2.24, 2.45) is 0 Å². The summed E-state index contributed by atoms with van der Waals surface area (Å²) in [7, 11) is 1.42. The summed E-state index contributed by atoms with van der Waals surface area (Å²) >= 11 is 0. The van der Waals surface area contributed by atoms with Crippen LogP contribution < -0.4 is 15.6 Å². The van der Waals surface area contributed by atoms with E-state index in [-0.39, 0.29) is 11.3 Å². The van der Waals surface area contributed by atoms with Gasteiger partial charge in [-0.1, -0.05) is 0 Å². The van der Waals surface area contributed by atoms with Gasteiger partial charge in [-0.15, -0.1) is 0 Å². The molecule has 0 aliphatic heterocycles. The molecule has 2 rings (SSSR count). The molecule has 17 heavy (non-hydrogen) atoms. The summed E-state index contributed by atoms with van der Waals surface area (Å²) in [6, 6.07) is 1.77. The van der Waals surface area contributed by atoms with E-state index in [4.69, 9.17) is 4.74 Å². The minimum Gasteiger partial charge on any atom is -0.489 e. The first-order valence-electron chi connectivity index (χ1n) is 4.91. The number of aromatic nitrogens is 4. The molecule has 2 heterocycles. The molecule has 88 valence electrons. The first-order chi connectivity index (χ1) is 8.31. The number of aromatic amines is 1. The van der Waals surface area contributed by atoms with Crippen LogP contribution in [0.25, 0.3) is 0 Å². The van der Waals surface area contributed by atoms with Gasteiger partial charge in [-0.3, -0.25) is 4.79 Å². The third-order valence-electron chi connectivity index (χ3n) is 2.09. The van der Waals surface area contributed by atoms with Gasteiger partial charge in [0.05, 0.1) is 25.7 Å².